The molecule has 0 spiro atoms. The summed E-state index contributed by atoms with van der Waals surface area (Å²) in [5.74, 6) is 2.14. The van der Waals surface area contributed by atoms with Crippen LogP contribution in [0.3, 0.4) is 0 Å². The molecule has 0 bridgehead atoms. The van der Waals surface area contributed by atoms with E-state index in [1.165, 1.54) is 11.3 Å². The van der Waals surface area contributed by atoms with Gasteiger partial charge in [-0.15, -0.1) is 11.3 Å². The van der Waals surface area contributed by atoms with Gasteiger partial charge in [0.25, 0.3) is 5.91 Å². The molecule has 1 heterocycles. The Labute approximate surface area is 116 Å². The van der Waals surface area contributed by atoms with Gasteiger partial charge in [0.15, 0.2) is 0 Å². The summed E-state index contributed by atoms with van der Waals surface area (Å²) in [5, 5.41) is 12.5. The minimum absolute atomic E-state index is 0.0397. The third-order valence-electron chi connectivity index (χ3n) is 2.22. The molecule has 18 heavy (non-hydrogen) atoms. The van der Waals surface area contributed by atoms with Crippen LogP contribution >= 0.6 is 23.1 Å². The first-order chi connectivity index (χ1) is 8.65. The number of rotatable bonds is 8. The van der Waals surface area contributed by atoms with Gasteiger partial charge in [0.05, 0.1) is 11.2 Å². The van der Waals surface area contributed by atoms with Crippen LogP contribution in [0.1, 0.15) is 40.9 Å². The van der Waals surface area contributed by atoms with Crippen molar-refractivity contribution in [2.75, 3.05) is 24.7 Å². The van der Waals surface area contributed by atoms with Crippen molar-refractivity contribution in [3.63, 3.8) is 0 Å². The fourth-order valence-electron chi connectivity index (χ4n) is 1.25. The minimum atomic E-state index is -0.0397. The molecular formula is C12H20N2O2S2. The third-order valence-corrected chi connectivity index (χ3v) is 4.59. The van der Waals surface area contributed by atoms with Crippen molar-refractivity contribution in [2.45, 2.75) is 26.2 Å². The fourth-order valence-corrected chi connectivity index (χ4v) is 2.87. The Balaban J connectivity index is 2.23. The Morgan fingerprint density at radius 2 is 2.33 bits per heavy atom. The van der Waals surface area contributed by atoms with Crippen LogP contribution in [0.25, 0.3) is 0 Å². The largest absolute Gasteiger partial charge is 0.396 e. The van der Waals surface area contributed by atoms with E-state index >= 15 is 0 Å². The summed E-state index contributed by atoms with van der Waals surface area (Å²) in [7, 11) is 0. The van der Waals surface area contributed by atoms with E-state index in [4.69, 9.17) is 5.11 Å². The number of thiazole rings is 1. The van der Waals surface area contributed by atoms with E-state index in [0.717, 1.165) is 22.9 Å². The topological polar surface area (TPSA) is 62.2 Å². The first-order valence-electron chi connectivity index (χ1n) is 6.07. The summed E-state index contributed by atoms with van der Waals surface area (Å²) in [4.78, 5) is 16.7. The van der Waals surface area contributed by atoms with E-state index in [2.05, 4.69) is 24.1 Å². The van der Waals surface area contributed by atoms with Gasteiger partial charge in [0.2, 0.25) is 0 Å². The van der Waals surface area contributed by atoms with Gasteiger partial charge in [-0.1, -0.05) is 13.8 Å². The van der Waals surface area contributed by atoms with Crippen LogP contribution in [0.2, 0.25) is 0 Å². The number of hydrogen-bond acceptors (Lipinski definition) is 5. The smallest absolute Gasteiger partial charge is 0.263 e. The summed E-state index contributed by atoms with van der Waals surface area (Å²) in [6, 6.07) is 0. The van der Waals surface area contributed by atoms with Crippen LogP contribution < -0.4 is 5.32 Å². The van der Waals surface area contributed by atoms with Gasteiger partial charge in [0, 0.05) is 24.8 Å². The predicted molar refractivity (Wildman–Crippen MR) is 77.6 cm³/mol. The highest BCUT2D eigenvalue weighted by molar-refractivity contribution is 7.99. The van der Waals surface area contributed by atoms with Gasteiger partial charge in [-0.3, -0.25) is 4.79 Å². The second-order valence-corrected chi connectivity index (χ2v) is 6.45. The van der Waals surface area contributed by atoms with Crippen LogP contribution in [-0.4, -0.2) is 40.7 Å². The molecule has 0 fully saturated rings. The van der Waals surface area contributed by atoms with Crippen molar-refractivity contribution in [3.05, 3.63) is 16.1 Å². The molecule has 0 aliphatic heterocycles. The molecule has 0 unspecified atom stereocenters. The second-order valence-electron chi connectivity index (χ2n) is 4.16. The predicted octanol–water partition coefficient (Wildman–Crippen LogP) is 2.11. The highest BCUT2D eigenvalue weighted by atomic mass is 32.2. The molecular weight excluding hydrogens is 268 g/mol. The van der Waals surface area contributed by atoms with Gasteiger partial charge in [0.1, 0.15) is 4.88 Å². The van der Waals surface area contributed by atoms with Crippen LogP contribution in [-0.2, 0) is 0 Å². The maximum Gasteiger partial charge on any atom is 0.263 e. The summed E-state index contributed by atoms with van der Waals surface area (Å²) >= 11 is 3.20. The van der Waals surface area contributed by atoms with E-state index in [-0.39, 0.29) is 12.5 Å². The molecule has 4 nitrogen and oxygen atoms in total. The molecule has 102 valence electrons. The fraction of sp³-hybridized carbons (Fsp3) is 0.667. The number of nitrogens with zero attached hydrogens (tertiary/aromatic N) is 1. The molecule has 1 amide bonds. The third kappa shape index (κ3) is 5.37. The second kappa shape index (κ2) is 8.50. The number of amides is 1. The first-order valence-corrected chi connectivity index (χ1v) is 8.04. The molecule has 1 aromatic heterocycles. The lowest BCUT2D eigenvalue weighted by Crippen LogP contribution is -2.25. The summed E-state index contributed by atoms with van der Waals surface area (Å²) in [6.45, 7) is 5.03. The van der Waals surface area contributed by atoms with E-state index in [0.29, 0.717) is 17.3 Å². The van der Waals surface area contributed by atoms with Crippen molar-refractivity contribution < 1.29 is 9.90 Å². The molecule has 0 aliphatic rings. The van der Waals surface area contributed by atoms with Crippen molar-refractivity contribution in [1.82, 2.24) is 10.3 Å². The molecule has 6 heteroatoms. The first kappa shape index (κ1) is 15.5. The average molecular weight is 288 g/mol. The maximum absolute atomic E-state index is 11.8. The van der Waals surface area contributed by atoms with Crippen molar-refractivity contribution in [3.8, 4) is 0 Å². The molecule has 0 saturated heterocycles. The average Bonchev–Trinajstić information content (AvgIpc) is 2.83. The lowest BCUT2D eigenvalue weighted by molar-refractivity contribution is 0.0960. The maximum atomic E-state index is 11.8. The minimum Gasteiger partial charge on any atom is -0.396 e. The summed E-state index contributed by atoms with van der Waals surface area (Å²) in [5.41, 5.74) is 0. The van der Waals surface area contributed by atoms with Gasteiger partial charge < -0.3 is 10.4 Å². The normalized spacial score (nSPS) is 10.9. The standard InChI is InChI=1S/C12H20N2O2S2/c1-9(2)12-14-8-10(18-12)11(16)13-4-7-17-6-3-5-15/h8-9,15H,3-7H2,1-2H3,(H,13,16). The number of carbonyl (C=O) groups excluding carboxylic acids is 1. The Bertz CT molecular complexity index is 367. The van der Waals surface area contributed by atoms with Crippen LogP contribution in [0.15, 0.2) is 6.20 Å². The van der Waals surface area contributed by atoms with Gasteiger partial charge >= 0.3 is 0 Å². The molecule has 0 radical (unpaired) electrons. The zero-order chi connectivity index (χ0) is 13.4. The Kier molecular flexibility index (Phi) is 7.31. The molecule has 0 aromatic carbocycles. The number of aliphatic hydroxyl groups is 1. The lowest BCUT2D eigenvalue weighted by Gasteiger charge is -2.03. The van der Waals surface area contributed by atoms with Crippen molar-refractivity contribution in [1.29, 1.82) is 0 Å². The van der Waals surface area contributed by atoms with Crippen LogP contribution in [0, 0.1) is 0 Å². The monoisotopic (exact) mass is 288 g/mol. The molecule has 0 saturated carbocycles. The lowest BCUT2D eigenvalue weighted by atomic mass is 10.2. The molecule has 1 aromatic rings. The number of aromatic nitrogens is 1. The zero-order valence-electron chi connectivity index (χ0n) is 10.8. The number of nitrogens with one attached hydrogen (secondary N) is 1. The van der Waals surface area contributed by atoms with Crippen LogP contribution in [0.4, 0.5) is 0 Å². The number of hydrogen-bond donors (Lipinski definition) is 2. The SMILES string of the molecule is CC(C)c1ncc(C(=O)NCCSCCCO)s1. The van der Waals surface area contributed by atoms with E-state index < -0.39 is 0 Å². The van der Waals surface area contributed by atoms with Crippen molar-refractivity contribution >= 4 is 29.0 Å². The highest BCUT2D eigenvalue weighted by Gasteiger charge is 2.11. The Morgan fingerprint density at radius 1 is 1.56 bits per heavy atom. The molecule has 0 atom stereocenters. The van der Waals surface area contributed by atoms with E-state index in [1.54, 1.807) is 18.0 Å². The quantitative estimate of drug-likeness (QED) is 0.719. The Morgan fingerprint density at radius 3 is 2.94 bits per heavy atom. The van der Waals surface area contributed by atoms with Gasteiger partial charge in [-0.25, -0.2) is 4.98 Å². The summed E-state index contributed by atoms with van der Waals surface area (Å²) in [6.07, 6.45) is 2.46. The Hall–Kier alpha value is -0.590. The molecule has 1 rings (SSSR count). The molecule has 0 aliphatic carbocycles. The van der Waals surface area contributed by atoms with Crippen LogP contribution in [0.5, 0.6) is 0 Å². The molecule has 2 N–H and O–H groups in total. The number of aliphatic hydroxyl groups excluding tert-OH is 1. The van der Waals surface area contributed by atoms with Gasteiger partial charge in [-0.05, 0) is 12.2 Å². The van der Waals surface area contributed by atoms with E-state index in [9.17, 15) is 4.79 Å². The summed E-state index contributed by atoms with van der Waals surface area (Å²) < 4.78 is 0. The van der Waals surface area contributed by atoms with Crippen molar-refractivity contribution in [2.24, 2.45) is 0 Å². The van der Waals surface area contributed by atoms with Gasteiger partial charge in [-0.2, -0.15) is 11.8 Å². The van der Waals surface area contributed by atoms with E-state index in [1.807, 2.05) is 0 Å². The number of carbonyl (C=O) groups is 1. The zero-order valence-corrected chi connectivity index (χ0v) is 12.4. The highest BCUT2D eigenvalue weighted by Crippen LogP contribution is 2.20. The number of thioether (sulfide) groups is 1.